The molecule has 32 heavy (non-hydrogen) atoms. The number of piperazine rings is 1. The van der Waals surface area contributed by atoms with E-state index in [-0.39, 0.29) is 48.9 Å². The fourth-order valence-electron chi connectivity index (χ4n) is 3.71. The lowest BCUT2D eigenvalue weighted by Crippen LogP contribution is -2.53. The second kappa shape index (κ2) is 8.17. The number of hydrogen-bond donors (Lipinski definition) is 0. The zero-order valence-electron chi connectivity index (χ0n) is 16.7. The van der Waals surface area contributed by atoms with E-state index in [0.717, 1.165) is 17.0 Å². The highest BCUT2D eigenvalue weighted by Gasteiger charge is 2.39. The van der Waals surface area contributed by atoms with Gasteiger partial charge in [-0.25, -0.2) is 4.39 Å². The van der Waals surface area contributed by atoms with Crippen molar-refractivity contribution in [3.8, 4) is 0 Å². The molecule has 0 radical (unpaired) electrons. The molecule has 0 atom stereocenters. The van der Waals surface area contributed by atoms with Crippen LogP contribution in [-0.2, 0) is 4.79 Å². The molecule has 2 aromatic rings. The number of halogens is 1. The molecular weight excluding hydrogens is 423 g/mol. The van der Waals surface area contributed by atoms with Crippen LogP contribution < -0.4 is 0 Å². The zero-order valence-corrected chi connectivity index (χ0v) is 16.7. The van der Waals surface area contributed by atoms with E-state index in [1.165, 1.54) is 40.1 Å². The Labute approximate surface area is 181 Å². The van der Waals surface area contributed by atoms with E-state index in [1.54, 1.807) is 0 Å². The standard InChI is InChI=1S/C21H17FN4O6/c22-14-3-1-13(2-4-14)19(28)24-9-7-23(8-10-24)18(27)12-25-20(29)16-6-5-15(26(31)32)11-17(16)21(25)30/h1-6,11H,7-10,12H2. The minimum atomic E-state index is -0.757. The maximum atomic E-state index is 13.0. The van der Waals surface area contributed by atoms with E-state index in [1.807, 2.05) is 0 Å². The number of carbonyl (C=O) groups is 4. The van der Waals surface area contributed by atoms with Gasteiger partial charge in [0, 0.05) is 43.9 Å². The minimum absolute atomic E-state index is 0.0168. The Bertz CT molecular complexity index is 1140. The Kier molecular flexibility index (Phi) is 5.39. The Hall–Kier alpha value is -4.15. The van der Waals surface area contributed by atoms with Gasteiger partial charge in [0.1, 0.15) is 12.4 Å². The lowest BCUT2D eigenvalue weighted by molar-refractivity contribution is -0.384. The summed E-state index contributed by atoms with van der Waals surface area (Å²) < 4.78 is 13.0. The molecule has 0 aromatic heterocycles. The van der Waals surface area contributed by atoms with Crippen LogP contribution in [0.1, 0.15) is 31.1 Å². The molecule has 2 aliphatic heterocycles. The molecule has 4 amide bonds. The SMILES string of the molecule is O=C(CN1C(=O)c2ccc([N+](=O)[O-])cc2C1=O)N1CCN(C(=O)c2ccc(F)cc2)CC1. The van der Waals surface area contributed by atoms with Gasteiger partial charge in [-0.2, -0.15) is 0 Å². The Morgan fingerprint density at radius 1 is 0.906 bits per heavy atom. The first kappa shape index (κ1) is 21.1. The second-order valence-corrected chi connectivity index (χ2v) is 7.36. The number of carbonyl (C=O) groups excluding carboxylic acids is 4. The zero-order chi connectivity index (χ0) is 23.0. The first-order chi connectivity index (χ1) is 15.3. The van der Waals surface area contributed by atoms with E-state index in [2.05, 4.69) is 0 Å². The van der Waals surface area contributed by atoms with Gasteiger partial charge in [0.15, 0.2) is 0 Å². The van der Waals surface area contributed by atoms with Crippen molar-refractivity contribution in [1.82, 2.24) is 14.7 Å². The molecule has 2 aliphatic rings. The number of rotatable bonds is 4. The molecule has 164 valence electrons. The molecule has 0 saturated carbocycles. The van der Waals surface area contributed by atoms with Gasteiger partial charge in [0.05, 0.1) is 16.1 Å². The van der Waals surface area contributed by atoms with Gasteiger partial charge < -0.3 is 9.80 Å². The van der Waals surface area contributed by atoms with Crippen LogP contribution >= 0.6 is 0 Å². The predicted octanol–water partition coefficient (Wildman–Crippen LogP) is 1.31. The topological polar surface area (TPSA) is 121 Å². The van der Waals surface area contributed by atoms with E-state index in [4.69, 9.17) is 0 Å². The van der Waals surface area contributed by atoms with Crippen molar-refractivity contribution in [3.05, 3.63) is 75.1 Å². The van der Waals surface area contributed by atoms with Crippen molar-refractivity contribution >= 4 is 29.3 Å². The van der Waals surface area contributed by atoms with Crippen LogP contribution in [0.15, 0.2) is 42.5 Å². The quantitative estimate of drug-likeness (QED) is 0.402. The number of nitro groups is 1. The van der Waals surface area contributed by atoms with Gasteiger partial charge in [-0.1, -0.05) is 0 Å². The number of hydrogen-bond acceptors (Lipinski definition) is 6. The highest BCUT2D eigenvalue weighted by molar-refractivity contribution is 6.22. The summed E-state index contributed by atoms with van der Waals surface area (Å²) in [6, 6.07) is 8.54. The first-order valence-electron chi connectivity index (χ1n) is 9.73. The van der Waals surface area contributed by atoms with E-state index in [0.29, 0.717) is 5.56 Å². The lowest BCUT2D eigenvalue weighted by Gasteiger charge is -2.35. The Morgan fingerprint density at radius 2 is 1.50 bits per heavy atom. The fourth-order valence-corrected chi connectivity index (χ4v) is 3.71. The Morgan fingerprint density at radius 3 is 2.12 bits per heavy atom. The van der Waals surface area contributed by atoms with E-state index >= 15 is 0 Å². The molecule has 11 heteroatoms. The number of nitrogens with zero attached hydrogens (tertiary/aromatic N) is 4. The van der Waals surface area contributed by atoms with Crippen molar-refractivity contribution in [3.63, 3.8) is 0 Å². The summed E-state index contributed by atoms with van der Waals surface area (Å²) in [4.78, 5) is 64.3. The highest BCUT2D eigenvalue weighted by Crippen LogP contribution is 2.26. The third kappa shape index (κ3) is 3.80. The Balaban J connectivity index is 1.37. The molecule has 1 fully saturated rings. The molecule has 2 heterocycles. The number of nitro benzene ring substituents is 1. The van der Waals surface area contributed by atoms with Crippen LogP contribution in [0.25, 0.3) is 0 Å². The number of amides is 4. The maximum absolute atomic E-state index is 13.0. The molecule has 2 aromatic carbocycles. The van der Waals surface area contributed by atoms with Crippen molar-refractivity contribution in [2.75, 3.05) is 32.7 Å². The van der Waals surface area contributed by atoms with Crippen LogP contribution in [0.5, 0.6) is 0 Å². The van der Waals surface area contributed by atoms with E-state index < -0.39 is 35.0 Å². The highest BCUT2D eigenvalue weighted by atomic mass is 19.1. The van der Waals surface area contributed by atoms with Crippen molar-refractivity contribution in [2.45, 2.75) is 0 Å². The monoisotopic (exact) mass is 440 g/mol. The molecule has 10 nitrogen and oxygen atoms in total. The largest absolute Gasteiger partial charge is 0.338 e. The summed E-state index contributed by atoms with van der Waals surface area (Å²) in [6.07, 6.45) is 0. The number of imide groups is 1. The molecule has 1 saturated heterocycles. The van der Waals surface area contributed by atoms with Crippen LogP contribution in [0.3, 0.4) is 0 Å². The lowest BCUT2D eigenvalue weighted by atomic mass is 10.1. The fraction of sp³-hybridized carbons (Fsp3) is 0.238. The molecule has 0 bridgehead atoms. The summed E-state index contributed by atoms with van der Waals surface area (Å²) in [5, 5.41) is 10.9. The van der Waals surface area contributed by atoms with Crippen LogP contribution in [0.2, 0.25) is 0 Å². The third-order valence-electron chi connectivity index (χ3n) is 5.47. The molecule has 0 N–H and O–H groups in total. The van der Waals surface area contributed by atoms with Gasteiger partial charge in [-0.3, -0.25) is 34.2 Å². The van der Waals surface area contributed by atoms with Gasteiger partial charge in [-0.05, 0) is 30.3 Å². The second-order valence-electron chi connectivity index (χ2n) is 7.36. The number of benzene rings is 2. The van der Waals surface area contributed by atoms with E-state index in [9.17, 15) is 33.7 Å². The van der Waals surface area contributed by atoms with Gasteiger partial charge in [-0.15, -0.1) is 0 Å². The number of non-ortho nitro benzene ring substituents is 1. The minimum Gasteiger partial charge on any atom is -0.338 e. The summed E-state index contributed by atoms with van der Waals surface area (Å²) >= 11 is 0. The summed E-state index contributed by atoms with van der Waals surface area (Å²) in [6.45, 7) is 0.416. The molecule has 4 rings (SSSR count). The van der Waals surface area contributed by atoms with Crippen molar-refractivity contribution in [2.24, 2.45) is 0 Å². The van der Waals surface area contributed by atoms with Gasteiger partial charge in [0.2, 0.25) is 5.91 Å². The van der Waals surface area contributed by atoms with Crippen LogP contribution in [-0.4, -0.2) is 76.0 Å². The van der Waals surface area contributed by atoms with Gasteiger partial charge >= 0.3 is 0 Å². The van der Waals surface area contributed by atoms with Crippen molar-refractivity contribution in [1.29, 1.82) is 0 Å². The molecule has 0 aliphatic carbocycles. The average Bonchev–Trinajstić information content (AvgIpc) is 3.03. The van der Waals surface area contributed by atoms with Crippen molar-refractivity contribution < 1.29 is 28.5 Å². The smallest absolute Gasteiger partial charge is 0.270 e. The average molecular weight is 440 g/mol. The maximum Gasteiger partial charge on any atom is 0.270 e. The molecule has 0 unspecified atom stereocenters. The van der Waals surface area contributed by atoms with Gasteiger partial charge in [0.25, 0.3) is 23.4 Å². The summed E-state index contributed by atoms with van der Waals surface area (Å²) in [7, 11) is 0. The summed E-state index contributed by atoms with van der Waals surface area (Å²) in [5.74, 6) is -2.63. The normalized spacial score (nSPS) is 15.7. The van der Waals surface area contributed by atoms with Crippen LogP contribution in [0, 0.1) is 15.9 Å². The molecular formula is C21H17FN4O6. The third-order valence-corrected chi connectivity index (χ3v) is 5.47. The summed E-state index contributed by atoms with van der Waals surface area (Å²) in [5.41, 5.74) is -0.0684. The number of fused-ring (bicyclic) bond motifs is 1. The molecule has 0 spiro atoms. The predicted molar refractivity (Wildman–Crippen MR) is 107 cm³/mol. The first-order valence-corrected chi connectivity index (χ1v) is 9.73. The van der Waals surface area contributed by atoms with Crippen LogP contribution in [0.4, 0.5) is 10.1 Å².